The van der Waals surface area contributed by atoms with E-state index >= 15 is 0 Å². The van der Waals surface area contributed by atoms with Crippen LogP contribution in [0.3, 0.4) is 0 Å². The van der Waals surface area contributed by atoms with Gasteiger partial charge in [0, 0.05) is 35.3 Å². The number of aromatic nitrogens is 5. The molecule has 8 nitrogen and oxygen atoms in total. The molecule has 0 spiro atoms. The first-order valence-electron chi connectivity index (χ1n) is 8.06. The van der Waals surface area contributed by atoms with Crippen molar-refractivity contribution in [2.45, 2.75) is 6.18 Å². The summed E-state index contributed by atoms with van der Waals surface area (Å²) < 4.78 is 38.7. The molecule has 0 saturated heterocycles. The lowest BCUT2D eigenvalue weighted by atomic mass is 10.1. The Kier molecular flexibility index (Phi) is 5.48. The molecule has 2 N–H and O–H groups in total. The molecule has 1 aromatic carbocycles. The van der Waals surface area contributed by atoms with Gasteiger partial charge >= 0.3 is 12.1 Å². The zero-order valence-corrected chi connectivity index (χ0v) is 14.9. The number of benzene rings is 1. The molecule has 0 bridgehead atoms. The average molecular weight is 405 g/mol. The number of fused-ring (bicyclic) bond motifs is 1. The summed E-state index contributed by atoms with van der Waals surface area (Å²) in [5.41, 5.74) is 4.79. The fourth-order valence-electron chi connectivity index (χ4n) is 2.41. The Labute approximate surface area is 161 Å². The van der Waals surface area contributed by atoms with Crippen LogP contribution in [0.15, 0.2) is 55.2 Å². The number of H-pyrrole nitrogens is 1. The predicted molar refractivity (Wildman–Crippen MR) is 96.2 cm³/mol. The van der Waals surface area contributed by atoms with E-state index in [2.05, 4.69) is 20.3 Å². The standard InChI is InChI=1S/C16H13N5O.C2HF3O2/c1-22-14-4-2-11(3-5-14)13-6-17-16-15(9-20-21(16)10-13)12-7-18-19-8-12;3-2(4,5)1(6)7/h2-10H,1H3,(H,18,19);(H,6,7). The summed E-state index contributed by atoms with van der Waals surface area (Å²) in [6.07, 6.45) is 4.12. The van der Waals surface area contributed by atoms with E-state index in [1.165, 1.54) is 0 Å². The number of methoxy groups -OCH3 is 1. The fraction of sp³-hybridized carbons (Fsp3) is 0.111. The predicted octanol–water partition coefficient (Wildman–Crippen LogP) is 3.43. The molecule has 0 saturated carbocycles. The molecular formula is C18H14F3N5O3. The van der Waals surface area contributed by atoms with Crippen molar-refractivity contribution in [3.05, 3.63) is 55.2 Å². The van der Waals surface area contributed by atoms with E-state index in [1.54, 1.807) is 24.0 Å². The van der Waals surface area contributed by atoms with E-state index < -0.39 is 12.1 Å². The molecule has 3 aromatic heterocycles. The third-order valence-corrected chi connectivity index (χ3v) is 3.83. The van der Waals surface area contributed by atoms with Crippen LogP contribution in [0.25, 0.3) is 27.9 Å². The number of carboxylic acids is 1. The van der Waals surface area contributed by atoms with Crippen molar-refractivity contribution in [2.24, 2.45) is 0 Å². The van der Waals surface area contributed by atoms with Gasteiger partial charge in [-0.05, 0) is 17.7 Å². The molecule has 150 valence electrons. The summed E-state index contributed by atoms with van der Waals surface area (Å²) in [4.78, 5) is 13.4. The number of halogens is 3. The largest absolute Gasteiger partial charge is 0.497 e. The van der Waals surface area contributed by atoms with Gasteiger partial charge < -0.3 is 9.84 Å². The van der Waals surface area contributed by atoms with Crippen molar-refractivity contribution in [2.75, 3.05) is 7.11 Å². The number of aromatic amines is 1. The normalized spacial score (nSPS) is 11.0. The van der Waals surface area contributed by atoms with Gasteiger partial charge in [0.25, 0.3) is 0 Å². The summed E-state index contributed by atoms with van der Waals surface area (Å²) in [5, 5.41) is 18.3. The van der Waals surface area contributed by atoms with Gasteiger partial charge in [0.15, 0.2) is 5.65 Å². The van der Waals surface area contributed by atoms with Crippen molar-refractivity contribution in [1.29, 1.82) is 0 Å². The summed E-state index contributed by atoms with van der Waals surface area (Å²) >= 11 is 0. The van der Waals surface area contributed by atoms with Crippen molar-refractivity contribution in [3.63, 3.8) is 0 Å². The van der Waals surface area contributed by atoms with E-state index in [1.807, 2.05) is 42.9 Å². The minimum atomic E-state index is -5.08. The van der Waals surface area contributed by atoms with Crippen LogP contribution >= 0.6 is 0 Å². The van der Waals surface area contributed by atoms with Crippen LogP contribution in [0.1, 0.15) is 0 Å². The maximum Gasteiger partial charge on any atom is 0.490 e. The second-order valence-electron chi connectivity index (χ2n) is 5.69. The third kappa shape index (κ3) is 4.51. The van der Waals surface area contributed by atoms with Crippen molar-refractivity contribution >= 4 is 11.6 Å². The van der Waals surface area contributed by atoms with E-state index in [0.717, 1.165) is 33.7 Å². The first kappa shape index (κ1) is 19.9. The van der Waals surface area contributed by atoms with Crippen molar-refractivity contribution in [3.8, 4) is 28.0 Å². The maximum atomic E-state index is 10.6. The molecule has 0 unspecified atom stereocenters. The number of nitrogens with one attached hydrogen (secondary N) is 1. The highest BCUT2D eigenvalue weighted by Gasteiger charge is 2.38. The molecule has 11 heteroatoms. The highest BCUT2D eigenvalue weighted by Crippen LogP contribution is 2.25. The van der Waals surface area contributed by atoms with Crippen LogP contribution in [-0.2, 0) is 4.79 Å². The molecule has 4 aromatic rings. The Morgan fingerprint density at radius 1 is 1.10 bits per heavy atom. The lowest BCUT2D eigenvalue weighted by Gasteiger charge is -2.04. The van der Waals surface area contributed by atoms with Gasteiger partial charge in [0.05, 0.1) is 19.5 Å². The average Bonchev–Trinajstić information content (AvgIpc) is 3.36. The zero-order chi connectivity index (χ0) is 21.0. The first-order chi connectivity index (χ1) is 13.8. The Morgan fingerprint density at radius 3 is 2.34 bits per heavy atom. The second kappa shape index (κ2) is 8.00. The van der Waals surface area contributed by atoms with Crippen LogP contribution in [-0.4, -0.2) is 49.2 Å². The van der Waals surface area contributed by atoms with Gasteiger partial charge in [0.1, 0.15) is 5.75 Å². The van der Waals surface area contributed by atoms with Gasteiger partial charge in [-0.1, -0.05) is 12.1 Å². The molecule has 0 radical (unpaired) electrons. The maximum absolute atomic E-state index is 10.6. The van der Waals surface area contributed by atoms with Crippen LogP contribution in [0.2, 0.25) is 0 Å². The second-order valence-corrected chi connectivity index (χ2v) is 5.69. The molecule has 0 aliphatic heterocycles. The van der Waals surface area contributed by atoms with Crippen molar-refractivity contribution < 1.29 is 27.8 Å². The van der Waals surface area contributed by atoms with E-state index in [-0.39, 0.29) is 0 Å². The van der Waals surface area contributed by atoms with E-state index in [0.29, 0.717) is 0 Å². The van der Waals surface area contributed by atoms with Crippen molar-refractivity contribution in [1.82, 2.24) is 24.8 Å². The number of alkyl halides is 3. The van der Waals surface area contributed by atoms with Gasteiger partial charge in [-0.25, -0.2) is 14.3 Å². The Bertz CT molecular complexity index is 1110. The van der Waals surface area contributed by atoms with Gasteiger partial charge in [-0.3, -0.25) is 5.10 Å². The van der Waals surface area contributed by atoms with Crippen LogP contribution in [0.4, 0.5) is 13.2 Å². The van der Waals surface area contributed by atoms with Gasteiger partial charge in [0.2, 0.25) is 0 Å². The number of rotatable bonds is 3. The first-order valence-corrected chi connectivity index (χ1v) is 8.06. The lowest BCUT2D eigenvalue weighted by Crippen LogP contribution is -2.21. The number of carboxylic acid groups (broad SMARTS) is 1. The highest BCUT2D eigenvalue weighted by molar-refractivity contribution is 5.77. The molecule has 0 aliphatic carbocycles. The SMILES string of the molecule is COc1ccc(-c2cnc3c(-c4cn[nH]c4)cnn3c2)cc1.O=C(O)C(F)(F)F. The molecule has 29 heavy (non-hydrogen) atoms. The Hall–Kier alpha value is -3.89. The number of aliphatic carboxylic acids is 1. The lowest BCUT2D eigenvalue weighted by molar-refractivity contribution is -0.192. The van der Waals surface area contributed by atoms with Gasteiger partial charge in [-0.15, -0.1) is 0 Å². The minimum absolute atomic E-state index is 0.804. The van der Waals surface area contributed by atoms with Crippen LogP contribution in [0.5, 0.6) is 5.75 Å². The smallest absolute Gasteiger partial charge is 0.490 e. The molecular weight excluding hydrogens is 391 g/mol. The summed E-state index contributed by atoms with van der Waals surface area (Å²) in [6, 6.07) is 7.86. The number of nitrogens with zero attached hydrogens (tertiary/aromatic N) is 4. The summed E-state index contributed by atoms with van der Waals surface area (Å²) in [7, 11) is 1.66. The minimum Gasteiger partial charge on any atom is -0.497 e. The number of hydrogen-bond donors (Lipinski definition) is 2. The molecule has 4 rings (SSSR count). The van der Waals surface area contributed by atoms with Gasteiger partial charge in [-0.2, -0.15) is 23.4 Å². The quantitative estimate of drug-likeness (QED) is 0.541. The number of carbonyl (C=O) groups is 1. The molecule has 0 aliphatic rings. The molecule has 0 fully saturated rings. The highest BCUT2D eigenvalue weighted by atomic mass is 19.4. The zero-order valence-electron chi connectivity index (χ0n) is 14.9. The Balaban J connectivity index is 0.000000298. The van der Waals surface area contributed by atoms with E-state index in [9.17, 15) is 13.2 Å². The molecule has 0 amide bonds. The monoisotopic (exact) mass is 405 g/mol. The summed E-state index contributed by atoms with van der Waals surface area (Å²) in [6.45, 7) is 0. The summed E-state index contributed by atoms with van der Waals surface area (Å²) in [5.74, 6) is -1.92. The molecule has 0 atom stereocenters. The third-order valence-electron chi connectivity index (χ3n) is 3.83. The molecule has 3 heterocycles. The van der Waals surface area contributed by atoms with Crippen LogP contribution in [0, 0.1) is 0 Å². The van der Waals surface area contributed by atoms with E-state index in [4.69, 9.17) is 14.6 Å². The fourth-order valence-corrected chi connectivity index (χ4v) is 2.41. The van der Waals surface area contributed by atoms with Crippen LogP contribution < -0.4 is 4.74 Å². The number of hydrogen-bond acceptors (Lipinski definition) is 5. The number of ether oxygens (including phenoxy) is 1. The Morgan fingerprint density at radius 2 is 1.79 bits per heavy atom. The topological polar surface area (TPSA) is 105 Å².